The molecule has 60 heavy (non-hydrogen) atoms. The third-order valence-electron chi connectivity index (χ3n) is 10.0. The Hall–Kier alpha value is -3.74. The monoisotopic (exact) mass is 830 g/mol. The number of hydrogen-bond acceptors (Lipinski definition) is 5. The highest BCUT2D eigenvalue weighted by Gasteiger charge is 2.23. The molecule has 0 aliphatic heterocycles. The van der Waals surface area contributed by atoms with Crippen LogP contribution in [0.25, 0.3) is 0 Å². The maximum Gasteiger partial charge on any atom is 0.306 e. The van der Waals surface area contributed by atoms with Crippen LogP contribution in [0.4, 0.5) is 0 Å². The standard InChI is InChI=1S/C54H87NO5/c1-4-7-10-13-16-19-22-24-25-26-27-29-31-34-37-40-43-46-52(57)51(49-56)55-53(58)48-50(45-42-39-36-33-30-21-18-15-12-9-6-3)60-54(59)47-44-41-38-35-32-28-23-20-17-14-11-8-5-2/h8-9,11-12,14-15,17-18,20-21,23,28,30,32-33,35-36,38-39,42,50-52,56-57H,4-7,10,13,16,19,22,24-27,29,31,34,37,40-41,43-49H2,1-3H3,(H,55,58)/b11-8+,12-9+,17-14+,18-15+,23-20-,30-21-,32-28-,36-33-,38-35+,42-39+. The van der Waals surface area contributed by atoms with Crippen molar-refractivity contribution in [2.45, 2.75) is 200 Å². The van der Waals surface area contributed by atoms with Crippen molar-refractivity contribution < 1.29 is 24.5 Å². The number of unbranched alkanes of at least 4 members (excludes halogenated alkanes) is 17. The molecule has 3 N–H and O–H groups in total. The van der Waals surface area contributed by atoms with Gasteiger partial charge in [-0.25, -0.2) is 0 Å². The van der Waals surface area contributed by atoms with Crippen LogP contribution in [-0.2, 0) is 14.3 Å². The normalized spacial score (nSPS) is 14.4. The third-order valence-corrected chi connectivity index (χ3v) is 10.0. The lowest BCUT2D eigenvalue weighted by Gasteiger charge is -2.24. The molecule has 0 aliphatic carbocycles. The van der Waals surface area contributed by atoms with E-state index in [1.165, 1.54) is 89.9 Å². The molecule has 0 aromatic carbocycles. The summed E-state index contributed by atoms with van der Waals surface area (Å²) in [5.41, 5.74) is 0. The van der Waals surface area contributed by atoms with Gasteiger partial charge in [-0.05, 0) is 32.1 Å². The Balaban J connectivity index is 4.73. The fourth-order valence-corrected chi connectivity index (χ4v) is 6.48. The first-order valence-corrected chi connectivity index (χ1v) is 23.9. The van der Waals surface area contributed by atoms with E-state index >= 15 is 0 Å². The van der Waals surface area contributed by atoms with Crippen LogP contribution in [0.5, 0.6) is 0 Å². The maximum atomic E-state index is 13.1. The first-order valence-electron chi connectivity index (χ1n) is 23.9. The molecule has 338 valence electrons. The van der Waals surface area contributed by atoms with Gasteiger partial charge in [-0.15, -0.1) is 0 Å². The van der Waals surface area contributed by atoms with Crippen molar-refractivity contribution in [3.8, 4) is 0 Å². The summed E-state index contributed by atoms with van der Waals surface area (Å²) in [7, 11) is 0. The highest BCUT2D eigenvalue weighted by atomic mass is 16.5. The minimum Gasteiger partial charge on any atom is -0.461 e. The molecule has 0 saturated heterocycles. The highest BCUT2D eigenvalue weighted by molar-refractivity contribution is 5.77. The molecule has 0 saturated carbocycles. The summed E-state index contributed by atoms with van der Waals surface area (Å²) >= 11 is 0. The molecule has 0 spiro atoms. The minimum atomic E-state index is -0.837. The predicted octanol–water partition coefficient (Wildman–Crippen LogP) is 14.1. The van der Waals surface area contributed by atoms with Crippen LogP contribution in [0.3, 0.4) is 0 Å². The van der Waals surface area contributed by atoms with Crippen LogP contribution in [0.2, 0.25) is 0 Å². The maximum absolute atomic E-state index is 13.1. The Bertz CT molecular complexity index is 1300. The Labute approximate surface area is 368 Å². The average Bonchev–Trinajstić information content (AvgIpc) is 3.24. The summed E-state index contributed by atoms with van der Waals surface area (Å²) in [6.07, 6.45) is 64.3. The minimum absolute atomic E-state index is 0.0551. The molecule has 0 aliphatic rings. The van der Waals surface area contributed by atoms with Crippen molar-refractivity contribution in [2.24, 2.45) is 0 Å². The molecule has 0 bridgehead atoms. The summed E-state index contributed by atoms with van der Waals surface area (Å²) in [6, 6.07) is -0.762. The van der Waals surface area contributed by atoms with Gasteiger partial charge >= 0.3 is 5.97 Å². The molecule has 6 nitrogen and oxygen atoms in total. The number of hydrogen-bond donors (Lipinski definition) is 3. The first-order chi connectivity index (χ1) is 29.5. The lowest BCUT2D eigenvalue weighted by molar-refractivity contribution is -0.150. The number of nitrogens with one attached hydrogen (secondary N) is 1. The Morgan fingerprint density at radius 2 is 0.917 bits per heavy atom. The molecule has 3 atom stereocenters. The van der Waals surface area contributed by atoms with Gasteiger partial charge in [0, 0.05) is 12.8 Å². The average molecular weight is 830 g/mol. The summed E-state index contributed by atoms with van der Waals surface area (Å²) in [4.78, 5) is 25.9. The van der Waals surface area contributed by atoms with Crippen LogP contribution in [-0.4, -0.2) is 46.9 Å². The second kappa shape index (κ2) is 46.3. The van der Waals surface area contributed by atoms with E-state index in [4.69, 9.17) is 4.74 Å². The van der Waals surface area contributed by atoms with Crippen molar-refractivity contribution in [2.75, 3.05) is 6.61 Å². The summed E-state index contributed by atoms with van der Waals surface area (Å²) in [5.74, 6) is -0.710. The van der Waals surface area contributed by atoms with Gasteiger partial charge in [-0.3, -0.25) is 9.59 Å². The van der Waals surface area contributed by atoms with E-state index in [-0.39, 0.29) is 31.3 Å². The van der Waals surface area contributed by atoms with E-state index in [0.717, 1.165) is 38.5 Å². The molecule has 3 unspecified atom stereocenters. The van der Waals surface area contributed by atoms with Gasteiger partial charge in [0.05, 0.1) is 25.2 Å². The first kappa shape index (κ1) is 56.3. The van der Waals surface area contributed by atoms with Crippen molar-refractivity contribution in [1.82, 2.24) is 5.32 Å². The van der Waals surface area contributed by atoms with E-state index < -0.39 is 18.2 Å². The second-order valence-electron chi connectivity index (χ2n) is 15.7. The van der Waals surface area contributed by atoms with Gasteiger partial charge < -0.3 is 20.3 Å². The van der Waals surface area contributed by atoms with Gasteiger partial charge in [0.15, 0.2) is 0 Å². The van der Waals surface area contributed by atoms with E-state index in [0.29, 0.717) is 19.3 Å². The Morgan fingerprint density at radius 1 is 0.517 bits per heavy atom. The van der Waals surface area contributed by atoms with Crippen LogP contribution in [0.15, 0.2) is 122 Å². The fraction of sp³-hybridized carbons (Fsp3) is 0.593. The zero-order chi connectivity index (χ0) is 43.8. The highest BCUT2D eigenvalue weighted by Crippen LogP contribution is 2.16. The van der Waals surface area contributed by atoms with Crippen LogP contribution < -0.4 is 5.32 Å². The third kappa shape index (κ3) is 41.0. The largest absolute Gasteiger partial charge is 0.461 e. The molecule has 1 amide bonds. The van der Waals surface area contributed by atoms with Gasteiger partial charge in [0.1, 0.15) is 6.10 Å². The smallest absolute Gasteiger partial charge is 0.306 e. The Morgan fingerprint density at radius 3 is 1.35 bits per heavy atom. The molecule has 0 aromatic heterocycles. The lowest BCUT2D eigenvalue weighted by Crippen LogP contribution is -2.46. The van der Waals surface area contributed by atoms with E-state index in [1.807, 2.05) is 109 Å². The second-order valence-corrected chi connectivity index (χ2v) is 15.7. The van der Waals surface area contributed by atoms with Crippen molar-refractivity contribution in [3.05, 3.63) is 122 Å². The SMILES string of the molecule is CC/C=C/C=C/C=C\C=C/C=C/CCCC(=O)OC(C/C=C/C=C\C=C/C=C/C=C/CC)CC(=O)NC(CO)C(O)CCCCCCCCCCCCCCCCCCC. The summed E-state index contributed by atoms with van der Waals surface area (Å²) < 4.78 is 5.77. The van der Waals surface area contributed by atoms with Gasteiger partial charge in [0.2, 0.25) is 5.91 Å². The van der Waals surface area contributed by atoms with Crippen molar-refractivity contribution >= 4 is 11.9 Å². The van der Waals surface area contributed by atoms with Crippen molar-refractivity contribution in [3.63, 3.8) is 0 Å². The number of ether oxygens (including phenoxy) is 1. The van der Waals surface area contributed by atoms with Crippen molar-refractivity contribution in [1.29, 1.82) is 0 Å². The lowest BCUT2D eigenvalue weighted by atomic mass is 10.0. The molecule has 0 rings (SSSR count). The number of allylic oxidation sites excluding steroid dienone is 19. The molecule has 0 heterocycles. The molecule has 0 aromatic rings. The number of rotatable bonds is 40. The van der Waals surface area contributed by atoms with Crippen LogP contribution >= 0.6 is 0 Å². The van der Waals surface area contributed by atoms with Gasteiger partial charge in [-0.2, -0.15) is 0 Å². The molecule has 0 radical (unpaired) electrons. The topological polar surface area (TPSA) is 95.9 Å². The molecule has 0 fully saturated rings. The van der Waals surface area contributed by atoms with Gasteiger partial charge in [-0.1, -0.05) is 251 Å². The zero-order valence-electron chi connectivity index (χ0n) is 38.3. The zero-order valence-corrected chi connectivity index (χ0v) is 38.3. The Kier molecular flexibility index (Phi) is 43.4. The number of aliphatic hydroxyl groups excluding tert-OH is 2. The molecular weight excluding hydrogens is 743 g/mol. The van der Waals surface area contributed by atoms with Crippen LogP contribution in [0, 0.1) is 0 Å². The van der Waals surface area contributed by atoms with E-state index in [1.54, 1.807) is 0 Å². The van der Waals surface area contributed by atoms with E-state index in [9.17, 15) is 19.8 Å². The van der Waals surface area contributed by atoms with Crippen LogP contribution in [0.1, 0.15) is 181 Å². The fourth-order valence-electron chi connectivity index (χ4n) is 6.48. The van der Waals surface area contributed by atoms with E-state index in [2.05, 4.69) is 38.2 Å². The number of aliphatic hydroxyl groups is 2. The quantitative estimate of drug-likeness (QED) is 0.0325. The van der Waals surface area contributed by atoms with Gasteiger partial charge in [0.25, 0.3) is 0 Å². The number of carbonyl (C=O) groups excluding carboxylic acids is 2. The number of esters is 1. The molecular formula is C54H87NO5. The summed E-state index contributed by atoms with van der Waals surface area (Å²) in [6.45, 7) is 6.12. The summed E-state index contributed by atoms with van der Waals surface area (Å²) in [5, 5.41) is 23.6. The molecule has 6 heteroatoms. The predicted molar refractivity (Wildman–Crippen MR) is 259 cm³/mol. The number of amides is 1. The number of carbonyl (C=O) groups is 2.